The Hall–Kier alpha value is -4.57. The van der Waals surface area contributed by atoms with Gasteiger partial charge in [0.1, 0.15) is 17.3 Å². The Balaban J connectivity index is 1.33. The molecule has 5 aromatic carbocycles. The van der Waals surface area contributed by atoms with Crippen LogP contribution >= 0.6 is 0 Å². The topological polar surface area (TPSA) is 75.3 Å². The van der Waals surface area contributed by atoms with Gasteiger partial charge in [-0.1, -0.05) is 172 Å². The van der Waals surface area contributed by atoms with Crippen molar-refractivity contribution < 1.29 is 28.2 Å². The molecule has 1 amide bonds. The molecule has 57 heavy (non-hydrogen) atoms. The first kappa shape index (κ1) is 40.6. The van der Waals surface area contributed by atoms with Gasteiger partial charge in [0.05, 0.1) is 32.0 Å². The Labute approximate surface area is 339 Å². The number of fused-ring (bicyclic) bond motifs is 1. The normalized spacial score (nSPS) is 23.1. The quantitative estimate of drug-likeness (QED) is 0.107. The lowest BCUT2D eigenvalue weighted by molar-refractivity contribution is -0.156. The smallest absolute Gasteiger partial charge is 0.407 e. The van der Waals surface area contributed by atoms with Crippen molar-refractivity contribution in [2.75, 3.05) is 6.61 Å². The van der Waals surface area contributed by atoms with E-state index in [1.807, 2.05) is 75.4 Å². The highest BCUT2D eigenvalue weighted by Crippen LogP contribution is 2.64. The SMILES string of the molecule is CC(C)(C)OC(=O)N[C@H]1[C@H]2[C@H](CO[Si](c3ccccc3)(c3ccccc3)C(C)(C)C)[C@@H](OCc3ccccc3)[C@H](OCc3ccccc3)[C@]21OCc1ccccc1. The molecular weight excluding hydrogens is 727 g/mol. The predicted octanol–water partition coefficient (Wildman–Crippen LogP) is 8.84. The van der Waals surface area contributed by atoms with Gasteiger partial charge in [-0.25, -0.2) is 4.79 Å². The minimum atomic E-state index is -2.97. The molecule has 2 aliphatic rings. The number of rotatable bonds is 15. The molecule has 0 aliphatic heterocycles. The number of alkyl carbamates (subject to hydrolysis) is 1. The third-order valence-corrected chi connectivity index (χ3v) is 16.4. The van der Waals surface area contributed by atoms with E-state index >= 15 is 0 Å². The number of nitrogens with one attached hydrogen (secondary N) is 1. The lowest BCUT2D eigenvalue weighted by atomic mass is 9.98. The molecule has 0 unspecified atom stereocenters. The van der Waals surface area contributed by atoms with Crippen LogP contribution in [0.25, 0.3) is 0 Å². The molecule has 298 valence electrons. The average Bonchev–Trinajstić information content (AvgIpc) is 3.73. The van der Waals surface area contributed by atoms with E-state index in [2.05, 4.69) is 123 Å². The molecule has 2 aliphatic carbocycles. The summed E-state index contributed by atoms with van der Waals surface area (Å²) < 4.78 is 34.8. The summed E-state index contributed by atoms with van der Waals surface area (Å²) in [7, 11) is -2.97. The zero-order chi connectivity index (χ0) is 40.1. The lowest BCUT2D eigenvalue weighted by Crippen LogP contribution is -2.67. The van der Waals surface area contributed by atoms with Gasteiger partial charge in [-0.3, -0.25) is 0 Å². The first-order valence-electron chi connectivity index (χ1n) is 20.2. The molecule has 8 heteroatoms. The fourth-order valence-corrected chi connectivity index (χ4v) is 13.5. The van der Waals surface area contributed by atoms with Crippen molar-refractivity contribution in [2.24, 2.45) is 11.8 Å². The van der Waals surface area contributed by atoms with Crippen LogP contribution in [0.1, 0.15) is 58.2 Å². The van der Waals surface area contributed by atoms with Crippen molar-refractivity contribution in [1.29, 1.82) is 0 Å². The number of hydrogen-bond donors (Lipinski definition) is 1. The largest absolute Gasteiger partial charge is 0.444 e. The molecule has 0 spiro atoms. The highest BCUT2D eigenvalue weighted by atomic mass is 28.4. The number of carbonyl (C=O) groups is 1. The van der Waals surface area contributed by atoms with Gasteiger partial charge >= 0.3 is 6.09 Å². The molecule has 2 saturated carbocycles. The zero-order valence-electron chi connectivity index (χ0n) is 34.1. The Morgan fingerprint density at radius 1 is 0.614 bits per heavy atom. The third-order valence-electron chi connectivity index (χ3n) is 11.4. The molecule has 0 aromatic heterocycles. The van der Waals surface area contributed by atoms with Gasteiger partial charge in [0.25, 0.3) is 8.32 Å². The van der Waals surface area contributed by atoms with Gasteiger partial charge in [0.2, 0.25) is 0 Å². The number of hydrogen-bond acceptors (Lipinski definition) is 6. The number of amides is 1. The second-order valence-corrected chi connectivity index (χ2v) is 21.7. The van der Waals surface area contributed by atoms with Crippen molar-refractivity contribution in [3.8, 4) is 0 Å². The van der Waals surface area contributed by atoms with Crippen LogP contribution in [-0.2, 0) is 43.2 Å². The molecule has 2 fully saturated rings. The molecule has 0 radical (unpaired) electrons. The minimum Gasteiger partial charge on any atom is -0.444 e. The van der Waals surface area contributed by atoms with E-state index in [-0.39, 0.29) is 16.9 Å². The highest BCUT2D eigenvalue weighted by molar-refractivity contribution is 6.99. The Morgan fingerprint density at radius 2 is 1.05 bits per heavy atom. The number of benzene rings is 5. The van der Waals surface area contributed by atoms with Crippen LogP contribution in [0.2, 0.25) is 5.04 Å². The van der Waals surface area contributed by atoms with Crippen LogP contribution in [0.5, 0.6) is 0 Å². The molecule has 7 rings (SSSR count). The van der Waals surface area contributed by atoms with Crippen LogP contribution in [0.15, 0.2) is 152 Å². The predicted molar refractivity (Wildman–Crippen MR) is 228 cm³/mol. The van der Waals surface area contributed by atoms with E-state index in [9.17, 15) is 4.79 Å². The van der Waals surface area contributed by atoms with E-state index in [1.54, 1.807) is 0 Å². The maximum Gasteiger partial charge on any atom is 0.407 e. The number of ether oxygens (including phenoxy) is 4. The van der Waals surface area contributed by atoms with Crippen molar-refractivity contribution in [2.45, 2.75) is 95.9 Å². The zero-order valence-corrected chi connectivity index (χ0v) is 35.1. The Morgan fingerprint density at radius 3 is 1.51 bits per heavy atom. The molecule has 5 aromatic rings. The third kappa shape index (κ3) is 8.81. The molecule has 6 atom stereocenters. The fourth-order valence-electron chi connectivity index (χ4n) is 8.88. The van der Waals surface area contributed by atoms with E-state index in [1.165, 1.54) is 10.4 Å². The first-order valence-corrected chi connectivity index (χ1v) is 22.1. The van der Waals surface area contributed by atoms with Gasteiger partial charge in [0, 0.05) is 18.4 Å². The van der Waals surface area contributed by atoms with Gasteiger partial charge in [-0.05, 0) is 52.9 Å². The monoisotopic (exact) mass is 783 g/mol. The van der Waals surface area contributed by atoms with Gasteiger partial charge in [-0.15, -0.1) is 0 Å². The van der Waals surface area contributed by atoms with Crippen molar-refractivity contribution in [3.05, 3.63) is 168 Å². The highest BCUT2D eigenvalue weighted by Gasteiger charge is 2.81. The van der Waals surface area contributed by atoms with Crippen molar-refractivity contribution in [3.63, 3.8) is 0 Å². The van der Waals surface area contributed by atoms with Gasteiger partial charge in [-0.2, -0.15) is 0 Å². The summed E-state index contributed by atoms with van der Waals surface area (Å²) in [4.78, 5) is 13.7. The summed E-state index contributed by atoms with van der Waals surface area (Å²) in [5.74, 6) is -0.416. The van der Waals surface area contributed by atoms with Crippen LogP contribution in [0.3, 0.4) is 0 Å². The molecule has 0 heterocycles. The van der Waals surface area contributed by atoms with E-state index < -0.39 is 43.9 Å². The van der Waals surface area contributed by atoms with Crippen LogP contribution in [-0.4, -0.2) is 50.5 Å². The van der Waals surface area contributed by atoms with Gasteiger partial charge in [0.15, 0.2) is 0 Å². The van der Waals surface area contributed by atoms with Crippen LogP contribution in [0, 0.1) is 11.8 Å². The summed E-state index contributed by atoms with van der Waals surface area (Å²) in [5.41, 5.74) is 1.53. The molecule has 1 N–H and O–H groups in total. The first-order chi connectivity index (χ1) is 27.4. The minimum absolute atomic E-state index is 0.200. The standard InChI is InChI=1S/C49H57NO6Si/c1-47(2,3)56-46(51)50-44-42-41(35-55-57(48(4,5)6,39-28-18-10-19-29-39)40-30-20-11-21-31-40)43(52-32-36-22-12-7-13-23-36)45(53-33-37-24-14-8-15-25-37)49(42,44)54-34-38-26-16-9-17-27-38/h7-31,41-45H,32-35H2,1-6H3,(H,50,51)/t41-,42+,43+,44-,45-,49-/m0/s1. The van der Waals surface area contributed by atoms with E-state index in [0.717, 1.165) is 16.7 Å². The second-order valence-electron chi connectivity index (χ2n) is 17.4. The lowest BCUT2D eigenvalue weighted by Gasteiger charge is -2.44. The summed E-state index contributed by atoms with van der Waals surface area (Å²) in [6.07, 6.45) is -1.47. The summed E-state index contributed by atoms with van der Waals surface area (Å²) in [5, 5.41) is 5.43. The number of carbonyl (C=O) groups excluding carboxylic acids is 1. The van der Waals surface area contributed by atoms with E-state index in [4.69, 9.17) is 23.4 Å². The second kappa shape index (κ2) is 17.1. The maximum atomic E-state index is 13.7. The van der Waals surface area contributed by atoms with E-state index in [0.29, 0.717) is 26.4 Å². The summed E-state index contributed by atoms with van der Waals surface area (Å²) in [6, 6.07) is 51.6. The molecule has 0 bridgehead atoms. The Kier molecular flexibility index (Phi) is 12.2. The van der Waals surface area contributed by atoms with Gasteiger partial charge < -0.3 is 28.7 Å². The maximum absolute atomic E-state index is 13.7. The molecular formula is C49H57NO6Si. The van der Waals surface area contributed by atoms with Crippen LogP contribution in [0.4, 0.5) is 4.79 Å². The molecule has 0 saturated heterocycles. The van der Waals surface area contributed by atoms with Crippen LogP contribution < -0.4 is 15.7 Å². The van der Waals surface area contributed by atoms with Crippen molar-refractivity contribution in [1.82, 2.24) is 5.32 Å². The Bertz CT molecular complexity index is 1980. The summed E-state index contributed by atoms with van der Waals surface area (Å²) >= 11 is 0. The molecule has 7 nitrogen and oxygen atoms in total. The fraction of sp³-hybridized carbons (Fsp3) is 0.367. The average molecular weight is 784 g/mol. The summed E-state index contributed by atoms with van der Waals surface area (Å²) in [6.45, 7) is 13.9. The van der Waals surface area contributed by atoms with Crippen molar-refractivity contribution >= 4 is 24.8 Å².